The molecule has 3 nitrogen and oxygen atoms in total. The Balaban J connectivity index is 2.15. The predicted octanol–water partition coefficient (Wildman–Crippen LogP) is 2.30. The van der Waals surface area contributed by atoms with Crippen LogP contribution in [0.25, 0.3) is 0 Å². The van der Waals surface area contributed by atoms with E-state index < -0.39 is 5.60 Å². The maximum Gasteiger partial charge on any atom is 0.264 e. The molecule has 1 fully saturated rings. The monoisotopic (exact) mass is 253 g/mol. The van der Waals surface area contributed by atoms with Crippen molar-refractivity contribution in [3.8, 4) is 0 Å². The van der Waals surface area contributed by atoms with E-state index in [2.05, 4.69) is 6.92 Å². The topological polar surface area (TPSA) is 40.5 Å². The van der Waals surface area contributed by atoms with Crippen LogP contribution in [0.3, 0.4) is 0 Å². The lowest BCUT2D eigenvalue weighted by atomic mass is 9.95. The maximum atomic E-state index is 12.4. The average Bonchev–Trinajstić information content (AvgIpc) is 2.74. The molecule has 1 aromatic rings. The number of carbonyl (C=O) groups excluding carboxylic acids is 1. The molecule has 0 aliphatic carbocycles. The Bertz CT molecular complexity index is 411. The highest BCUT2D eigenvalue weighted by molar-refractivity contribution is 7.12. The van der Waals surface area contributed by atoms with Crippen molar-refractivity contribution in [3.05, 3.63) is 21.9 Å². The summed E-state index contributed by atoms with van der Waals surface area (Å²) in [6, 6.07) is 2.01. The summed E-state index contributed by atoms with van der Waals surface area (Å²) in [5.74, 6) is 0.0804. The molecule has 1 saturated heterocycles. The maximum absolute atomic E-state index is 12.4. The minimum absolute atomic E-state index is 0.0804. The zero-order valence-corrected chi connectivity index (χ0v) is 11.2. The van der Waals surface area contributed by atoms with E-state index in [1.807, 2.05) is 18.4 Å². The van der Waals surface area contributed by atoms with Crippen molar-refractivity contribution in [1.29, 1.82) is 0 Å². The standard InChI is InChI=1S/C13H19NO2S/c1-3-10-5-8-17-11(10)12(15)14-7-4-6-13(2,16)9-14/h5,8,16H,3-4,6-7,9H2,1-2H3. The van der Waals surface area contributed by atoms with Gasteiger partial charge in [-0.05, 0) is 43.2 Å². The second kappa shape index (κ2) is 4.78. The normalized spacial score (nSPS) is 25.0. The molecule has 4 heteroatoms. The van der Waals surface area contributed by atoms with Crippen molar-refractivity contribution < 1.29 is 9.90 Å². The molecule has 1 amide bonds. The first kappa shape index (κ1) is 12.6. The smallest absolute Gasteiger partial charge is 0.264 e. The van der Waals surface area contributed by atoms with Crippen molar-refractivity contribution in [3.63, 3.8) is 0 Å². The molecule has 0 spiro atoms. The number of aliphatic hydroxyl groups is 1. The number of amides is 1. The molecule has 1 aromatic heterocycles. The van der Waals surface area contributed by atoms with Crippen LogP contribution >= 0.6 is 11.3 Å². The summed E-state index contributed by atoms with van der Waals surface area (Å²) in [7, 11) is 0. The van der Waals surface area contributed by atoms with E-state index in [4.69, 9.17) is 0 Å². The van der Waals surface area contributed by atoms with E-state index in [9.17, 15) is 9.90 Å². The number of thiophene rings is 1. The first-order valence-electron chi connectivity index (χ1n) is 6.11. The number of carbonyl (C=O) groups is 1. The molecule has 17 heavy (non-hydrogen) atoms. The van der Waals surface area contributed by atoms with Gasteiger partial charge in [0.1, 0.15) is 0 Å². The summed E-state index contributed by atoms with van der Waals surface area (Å²) in [5, 5.41) is 12.0. The Kier molecular flexibility index (Phi) is 3.54. The van der Waals surface area contributed by atoms with Crippen LogP contribution < -0.4 is 0 Å². The van der Waals surface area contributed by atoms with Crippen molar-refractivity contribution in [2.75, 3.05) is 13.1 Å². The van der Waals surface area contributed by atoms with Crippen LogP contribution in [0.2, 0.25) is 0 Å². The van der Waals surface area contributed by atoms with Gasteiger partial charge in [0.15, 0.2) is 0 Å². The van der Waals surface area contributed by atoms with Gasteiger partial charge in [0.25, 0.3) is 5.91 Å². The lowest BCUT2D eigenvalue weighted by Gasteiger charge is -2.36. The van der Waals surface area contributed by atoms with E-state index in [0.29, 0.717) is 6.54 Å². The highest BCUT2D eigenvalue weighted by atomic mass is 32.1. The SMILES string of the molecule is CCc1ccsc1C(=O)N1CCCC(C)(O)C1. The van der Waals surface area contributed by atoms with Gasteiger partial charge in [-0.15, -0.1) is 11.3 Å². The average molecular weight is 253 g/mol. The van der Waals surface area contributed by atoms with Crippen molar-refractivity contribution in [2.45, 2.75) is 38.7 Å². The molecule has 0 saturated carbocycles. The zero-order chi connectivity index (χ0) is 12.5. The van der Waals surface area contributed by atoms with E-state index in [0.717, 1.165) is 36.2 Å². The number of rotatable bonds is 2. The van der Waals surface area contributed by atoms with Crippen LogP contribution in [0.4, 0.5) is 0 Å². The summed E-state index contributed by atoms with van der Waals surface area (Å²) in [5.41, 5.74) is 0.391. The summed E-state index contributed by atoms with van der Waals surface area (Å²) in [4.78, 5) is 15.0. The molecule has 2 rings (SSSR count). The Hall–Kier alpha value is -0.870. The number of piperidine rings is 1. The van der Waals surface area contributed by atoms with Gasteiger partial charge in [0.05, 0.1) is 10.5 Å². The van der Waals surface area contributed by atoms with Gasteiger partial charge in [0.2, 0.25) is 0 Å². The van der Waals surface area contributed by atoms with Crippen LogP contribution in [0.15, 0.2) is 11.4 Å². The highest BCUT2D eigenvalue weighted by Crippen LogP contribution is 2.25. The minimum atomic E-state index is -0.725. The molecule has 1 aliphatic heterocycles. The van der Waals surface area contributed by atoms with Crippen molar-refractivity contribution >= 4 is 17.2 Å². The van der Waals surface area contributed by atoms with Crippen molar-refractivity contribution in [2.24, 2.45) is 0 Å². The fraction of sp³-hybridized carbons (Fsp3) is 0.615. The molecule has 0 radical (unpaired) electrons. The van der Waals surface area contributed by atoms with Crippen LogP contribution in [-0.2, 0) is 6.42 Å². The minimum Gasteiger partial charge on any atom is -0.388 e. The van der Waals surface area contributed by atoms with Crippen LogP contribution in [0, 0.1) is 0 Å². The Morgan fingerprint density at radius 2 is 2.41 bits per heavy atom. The molecule has 94 valence electrons. The van der Waals surface area contributed by atoms with Gasteiger partial charge in [0, 0.05) is 13.1 Å². The van der Waals surface area contributed by atoms with Crippen LogP contribution in [-0.4, -0.2) is 34.6 Å². The third-order valence-electron chi connectivity index (χ3n) is 3.28. The number of likely N-dealkylation sites (tertiary alicyclic amines) is 1. The number of aryl methyl sites for hydroxylation is 1. The number of β-amino-alcohol motifs (C(OH)–C–C–N with tert-alkyl or cyclic N) is 1. The molecular weight excluding hydrogens is 234 g/mol. The van der Waals surface area contributed by atoms with Gasteiger partial charge in [-0.1, -0.05) is 6.92 Å². The van der Waals surface area contributed by atoms with Gasteiger partial charge in [-0.25, -0.2) is 0 Å². The molecule has 0 aromatic carbocycles. The van der Waals surface area contributed by atoms with Crippen LogP contribution in [0.1, 0.15) is 41.9 Å². The lowest BCUT2D eigenvalue weighted by molar-refractivity contribution is -0.0106. The lowest BCUT2D eigenvalue weighted by Crippen LogP contribution is -2.48. The van der Waals surface area contributed by atoms with Gasteiger partial charge in [-0.3, -0.25) is 4.79 Å². The number of nitrogens with zero attached hydrogens (tertiary/aromatic N) is 1. The summed E-state index contributed by atoms with van der Waals surface area (Å²) in [6.45, 7) is 5.08. The van der Waals surface area contributed by atoms with Gasteiger partial charge < -0.3 is 10.0 Å². The van der Waals surface area contributed by atoms with Gasteiger partial charge in [-0.2, -0.15) is 0 Å². The zero-order valence-electron chi connectivity index (χ0n) is 10.4. The summed E-state index contributed by atoms with van der Waals surface area (Å²) >= 11 is 1.50. The number of hydrogen-bond acceptors (Lipinski definition) is 3. The van der Waals surface area contributed by atoms with Crippen LogP contribution in [0.5, 0.6) is 0 Å². The molecular formula is C13H19NO2S. The largest absolute Gasteiger partial charge is 0.388 e. The fourth-order valence-corrected chi connectivity index (χ4v) is 3.30. The van der Waals surface area contributed by atoms with E-state index in [-0.39, 0.29) is 5.91 Å². The van der Waals surface area contributed by atoms with Gasteiger partial charge >= 0.3 is 0 Å². The second-order valence-electron chi connectivity index (χ2n) is 4.96. The van der Waals surface area contributed by atoms with E-state index in [1.165, 1.54) is 11.3 Å². The first-order valence-corrected chi connectivity index (χ1v) is 6.99. The molecule has 1 aliphatic rings. The third-order valence-corrected chi connectivity index (χ3v) is 4.23. The summed E-state index contributed by atoms with van der Waals surface area (Å²) < 4.78 is 0. The quantitative estimate of drug-likeness (QED) is 0.878. The molecule has 0 bridgehead atoms. The summed E-state index contributed by atoms with van der Waals surface area (Å²) in [6.07, 6.45) is 2.54. The third kappa shape index (κ3) is 2.69. The molecule has 1 N–H and O–H groups in total. The highest BCUT2D eigenvalue weighted by Gasteiger charge is 2.32. The molecule has 2 heterocycles. The Labute approximate surface area is 106 Å². The molecule has 1 atom stereocenters. The molecule has 1 unspecified atom stereocenters. The van der Waals surface area contributed by atoms with E-state index in [1.54, 1.807) is 4.90 Å². The Morgan fingerprint density at radius 1 is 1.65 bits per heavy atom. The second-order valence-corrected chi connectivity index (χ2v) is 5.87. The predicted molar refractivity (Wildman–Crippen MR) is 69.5 cm³/mol. The first-order chi connectivity index (χ1) is 8.03. The number of hydrogen-bond donors (Lipinski definition) is 1. The fourth-order valence-electron chi connectivity index (χ4n) is 2.34. The van der Waals surface area contributed by atoms with E-state index >= 15 is 0 Å². The Morgan fingerprint density at radius 3 is 3.06 bits per heavy atom. The van der Waals surface area contributed by atoms with Crippen molar-refractivity contribution in [1.82, 2.24) is 4.90 Å².